The molecule has 7 nitrogen and oxygen atoms in total. The molecule has 0 saturated carbocycles. The van der Waals surface area contributed by atoms with Crippen LogP contribution in [0.15, 0.2) is 29.4 Å². The summed E-state index contributed by atoms with van der Waals surface area (Å²) >= 11 is 1.55. The van der Waals surface area contributed by atoms with Gasteiger partial charge in [0.25, 0.3) is 11.8 Å². The molecule has 2 amide bonds. The highest BCUT2D eigenvalue weighted by atomic mass is 32.2. The summed E-state index contributed by atoms with van der Waals surface area (Å²) in [5, 5.41) is 7.49. The fourth-order valence-electron chi connectivity index (χ4n) is 2.82. The summed E-state index contributed by atoms with van der Waals surface area (Å²) in [5.74, 6) is 0.708. The molecular formula is C19H25N3O4S. The van der Waals surface area contributed by atoms with Gasteiger partial charge in [-0.1, -0.05) is 6.07 Å². The summed E-state index contributed by atoms with van der Waals surface area (Å²) in [5.41, 5.74) is 2.02. The largest absolute Gasteiger partial charge is 0.487 e. The van der Waals surface area contributed by atoms with Gasteiger partial charge in [-0.15, -0.1) is 11.8 Å². The highest BCUT2D eigenvalue weighted by molar-refractivity contribution is 8.02. The van der Waals surface area contributed by atoms with Crippen molar-refractivity contribution in [2.24, 2.45) is 0 Å². The van der Waals surface area contributed by atoms with Gasteiger partial charge in [-0.3, -0.25) is 14.5 Å². The van der Waals surface area contributed by atoms with E-state index in [1.165, 1.54) is 0 Å². The van der Waals surface area contributed by atoms with Crippen molar-refractivity contribution in [2.75, 3.05) is 57.1 Å². The number of hydrogen-bond acceptors (Lipinski definition) is 6. The number of benzene rings is 1. The number of nitrogens with one attached hydrogen (secondary N) is 2. The lowest BCUT2D eigenvalue weighted by atomic mass is 10.1. The van der Waals surface area contributed by atoms with E-state index in [0.717, 1.165) is 44.2 Å². The second-order valence-corrected chi connectivity index (χ2v) is 7.37. The van der Waals surface area contributed by atoms with Crippen LogP contribution >= 0.6 is 11.8 Å². The van der Waals surface area contributed by atoms with Crippen LogP contribution in [-0.2, 0) is 14.3 Å². The van der Waals surface area contributed by atoms with Crippen molar-refractivity contribution >= 4 is 29.3 Å². The van der Waals surface area contributed by atoms with Gasteiger partial charge in [0.2, 0.25) is 0 Å². The molecule has 0 radical (unpaired) electrons. The van der Waals surface area contributed by atoms with Crippen molar-refractivity contribution in [3.63, 3.8) is 0 Å². The summed E-state index contributed by atoms with van der Waals surface area (Å²) < 4.78 is 10.7. The average Bonchev–Trinajstić information content (AvgIpc) is 2.71. The van der Waals surface area contributed by atoms with Crippen molar-refractivity contribution in [1.82, 2.24) is 10.2 Å². The predicted octanol–water partition coefficient (Wildman–Crippen LogP) is 1.60. The molecule has 2 N–H and O–H groups in total. The molecular weight excluding hydrogens is 366 g/mol. The van der Waals surface area contributed by atoms with Crippen LogP contribution in [0, 0.1) is 6.92 Å². The number of ether oxygens (including phenoxy) is 2. The van der Waals surface area contributed by atoms with Gasteiger partial charge in [0.15, 0.2) is 5.76 Å². The standard InChI is InChI=1S/C19H25N3O4S/c1-14-2-3-15(18(23)20-4-5-22-6-8-25-9-7-22)12-16(14)21-19(24)17-13-27-11-10-26-17/h2-3,12-13H,4-11H2,1H3,(H,20,23)(H,21,24). The Morgan fingerprint density at radius 2 is 2.00 bits per heavy atom. The number of aryl methyl sites for hydroxylation is 1. The molecule has 1 saturated heterocycles. The van der Waals surface area contributed by atoms with Gasteiger partial charge in [0.1, 0.15) is 0 Å². The van der Waals surface area contributed by atoms with Gasteiger partial charge >= 0.3 is 0 Å². The first kappa shape index (κ1) is 19.7. The second kappa shape index (κ2) is 9.77. The van der Waals surface area contributed by atoms with Gasteiger partial charge in [0.05, 0.1) is 19.8 Å². The number of carbonyl (C=O) groups excluding carboxylic acids is 2. The maximum Gasteiger partial charge on any atom is 0.291 e. The predicted molar refractivity (Wildman–Crippen MR) is 106 cm³/mol. The number of carbonyl (C=O) groups is 2. The van der Waals surface area contributed by atoms with Crippen molar-refractivity contribution in [3.05, 3.63) is 40.5 Å². The van der Waals surface area contributed by atoms with Crippen LogP contribution in [0.3, 0.4) is 0 Å². The van der Waals surface area contributed by atoms with Crippen LogP contribution in [0.1, 0.15) is 15.9 Å². The number of anilines is 1. The van der Waals surface area contributed by atoms with E-state index < -0.39 is 0 Å². The van der Waals surface area contributed by atoms with Crippen molar-refractivity contribution in [3.8, 4) is 0 Å². The second-order valence-electron chi connectivity index (χ2n) is 6.40. The lowest BCUT2D eigenvalue weighted by Gasteiger charge is -2.26. The number of rotatable bonds is 6. The summed E-state index contributed by atoms with van der Waals surface area (Å²) in [6, 6.07) is 5.30. The summed E-state index contributed by atoms with van der Waals surface area (Å²) in [6.45, 7) is 7.07. The van der Waals surface area contributed by atoms with Crippen molar-refractivity contribution < 1.29 is 19.1 Å². The molecule has 2 aliphatic heterocycles. The van der Waals surface area contributed by atoms with Crippen LogP contribution in [0.25, 0.3) is 0 Å². The molecule has 27 heavy (non-hydrogen) atoms. The fourth-order valence-corrected chi connectivity index (χ4v) is 3.45. The van der Waals surface area contributed by atoms with Crippen LogP contribution in [0.5, 0.6) is 0 Å². The quantitative estimate of drug-likeness (QED) is 0.767. The molecule has 0 aliphatic carbocycles. The minimum atomic E-state index is -0.296. The van der Waals surface area contributed by atoms with Crippen LogP contribution < -0.4 is 10.6 Å². The lowest BCUT2D eigenvalue weighted by molar-refractivity contribution is -0.116. The molecule has 146 valence electrons. The Morgan fingerprint density at radius 1 is 1.19 bits per heavy atom. The molecule has 8 heteroatoms. The van der Waals surface area contributed by atoms with Crippen LogP contribution in [0.4, 0.5) is 5.69 Å². The molecule has 0 bridgehead atoms. The topological polar surface area (TPSA) is 79.9 Å². The highest BCUT2D eigenvalue weighted by Crippen LogP contribution is 2.20. The van der Waals surface area contributed by atoms with Crippen LogP contribution in [-0.4, -0.2) is 68.5 Å². The third-order valence-electron chi connectivity index (χ3n) is 4.44. The first-order valence-electron chi connectivity index (χ1n) is 9.08. The maximum atomic E-state index is 12.4. The van der Waals surface area contributed by atoms with Crippen molar-refractivity contribution in [2.45, 2.75) is 6.92 Å². The molecule has 1 aromatic carbocycles. The summed E-state index contributed by atoms with van der Waals surface area (Å²) in [6.07, 6.45) is 0. The number of morpholine rings is 1. The Morgan fingerprint density at radius 3 is 2.74 bits per heavy atom. The number of nitrogens with zero attached hydrogens (tertiary/aromatic N) is 1. The summed E-state index contributed by atoms with van der Waals surface area (Å²) in [7, 11) is 0. The Labute approximate surface area is 163 Å². The monoisotopic (exact) mass is 391 g/mol. The van der Waals surface area contributed by atoms with E-state index in [0.29, 0.717) is 30.2 Å². The molecule has 0 atom stereocenters. The molecule has 2 heterocycles. The smallest absolute Gasteiger partial charge is 0.291 e. The third kappa shape index (κ3) is 5.72. The van der Waals surface area contributed by atoms with E-state index in [-0.39, 0.29) is 11.8 Å². The van der Waals surface area contributed by atoms with Crippen LogP contribution in [0.2, 0.25) is 0 Å². The normalized spacial score (nSPS) is 17.6. The van der Waals surface area contributed by atoms with Gasteiger partial charge < -0.3 is 20.1 Å². The Bertz CT molecular complexity index is 717. The lowest BCUT2D eigenvalue weighted by Crippen LogP contribution is -2.41. The molecule has 0 unspecified atom stereocenters. The van der Waals surface area contributed by atoms with Gasteiger partial charge in [-0.2, -0.15) is 0 Å². The minimum Gasteiger partial charge on any atom is -0.487 e. The zero-order valence-corrected chi connectivity index (χ0v) is 16.3. The first-order chi connectivity index (χ1) is 13.1. The van der Waals surface area contributed by atoms with E-state index >= 15 is 0 Å². The van der Waals surface area contributed by atoms with E-state index in [1.807, 2.05) is 13.0 Å². The number of hydrogen-bond donors (Lipinski definition) is 2. The summed E-state index contributed by atoms with van der Waals surface area (Å²) in [4.78, 5) is 27.0. The Balaban J connectivity index is 1.56. The van der Waals surface area contributed by atoms with Gasteiger partial charge in [-0.05, 0) is 24.6 Å². The Kier molecular flexibility index (Phi) is 7.14. The third-order valence-corrected chi connectivity index (χ3v) is 5.22. The van der Waals surface area contributed by atoms with E-state index in [1.54, 1.807) is 29.3 Å². The Hall–Kier alpha value is -2.03. The SMILES string of the molecule is Cc1ccc(C(=O)NCCN2CCOCC2)cc1NC(=O)C1=CSCCO1. The van der Waals surface area contributed by atoms with Gasteiger partial charge in [-0.25, -0.2) is 0 Å². The molecule has 0 spiro atoms. The van der Waals surface area contributed by atoms with E-state index in [2.05, 4.69) is 15.5 Å². The highest BCUT2D eigenvalue weighted by Gasteiger charge is 2.17. The molecule has 3 rings (SSSR count). The fraction of sp³-hybridized carbons (Fsp3) is 0.474. The maximum absolute atomic E-state index is 12.4. The molecule has 1 fully saturated rings. The molecule has 2 aliphatic rings. The number of amides is 2. The van der Waals surface area contributed by atoms with E-state index in [4.69, 9.17) is 9.47 Å². The van der Waals surface area contributed by atoms with Crippen molar-refractivity contribution in [1.29, 1.82) is 0 Å². The minimum absolute atomic E-state index is 0.151. The first-order valence-corrected chi connectivity index (χ1v) is 10.1. The molecule has 0 aromatic heterocycles. The molecule has 1 aromatic rings. The zero-order valence-electron chi connectivity index (χ0n) is 15.5. The van der Waals surface area contributed by atoms with Gasteiger partial charge in [0, 0.05) is 48.6 Å². The van der Waals surface area contributed by atoms with E-state index in [9.17, 15) is 9.59 Å². The average molecular weight is 391 g/mol. The number of thioether (sulfide) groups is 1. The zero-order chi connectivity index (χ0) is 19.1.